The van der Waals surface area contributed by atoms with Crippen LogP contribution >= 0.6 is 0 Å². The molecule has 4 nitrogen and oxygen atoms in total. The molecule has 0 spiro atoms. The lowest BCUT2D eigenvalue weighted by atomic mass is 10.3. The van der Waals surface area contributed by atoms with Gasteiger partial charge in [0.1, 0.15) is 0 Å². The summed E-state index contributed by atoms with van der Waals surface area (Å²) < 4.78 is 0. The van der Waals surface area contributed by atoms with Crippen LogP contribution in [-0.2, 0) is 4.79 Å². The van der Waals surface area contributed by atoms with Crippen molar-refractivity contribution in [1.82, 2.24) is 0 Å². The summed E-state index contributed by atoms with van der Waals surface area (Å²) in [5.74, 6) is 0. The predicted molar refractivity (Wildman–Crippen MR) is 27.1 cm³/mol. The van der Waals surface area contributed by atoms with Crippen LogP contribution in [0, 0.1) is 10.1 Å². The van der Waals surface area contributed by atoms with Crippen molar-refractivity contribution in [2.75, 3.05) is 0 Å². The van der Waals surface area contributed by atoms with E-state index in [0.29, 0.717) is 6.29 Å². The standard InChI is InChI=1S/C4H7NO3/c1-2-4(3-6)5(7)8/h3-4H,2H2,1H3. The molecule has 8 heavy (non-hydrogen) atoms. The van der Waals surface area contributed by atoms with Gasteiger partial charge < -0.3 is 0 Å². The predicted octanol–water partition coefficient (Wildman–Crippen LogP) is 0.241. The lowest BCUT2D eigenvalue weighted by Gasteiger charge is -1.93. The largest absolute Gasteiger partial charge is 0.296 e. The number of hydrogen-bond acceptors (Lipinski definition) is 3. The first-order valence-corrected chi connectivity index (χ1v) is 2.31. The molecule has 46 valence electrons. The van der Waals surface area contributed by atoms with Gasteiger partial charge in [0, 0.05) is 11.3 Å². The number of carbonyl (C=O) groups excluding carboxylic acids is 1. The fraction of sp³-hybridized carbons (Fsp3) is 0.750. The monoisotopic (exact) mass is 117 g/mol. The van der Waals surface area contributed by atoms with Gasteiger partial charge in [-0.15, -0.1) is 0 Å². The molecule has 0 aromatic carbocycles. The zero-order valence-corrected chi connectivity index (χ0v) is 4.53. The third kappa shape index (κ3) is 1.68. The van der Waals surface area contributed by atoms with E-state index >= 15 is 0 Å². The van der Waals surface area contributed by atoms with Crippen molar-refractivity contribution in [2.24, 2.45) is 0 Å². The fourth-order valence-electron chi connectivity index (χ4n) is 0.295. The van der Waals surface area contributed by atoms with Gasteiger partial charge >= 0.3 is 0 Å². The Hall–Kier alpha value is -0.930. The number of rotatable bonds is 3. The normalized spacial score (nSPS) is 12.6. The average Bonchev–Trinajstić information content (AvgIpc) is 1.69. The molecule has 4 heteroatoms. The van der Waals surface area contributed by atoms with Crippen LogP contribution < -0.4 is 0 Å². The van der Waals surface area contributed by atoms with Crippen LogP contribution in [0.15, 0.2) is 0 Å². The maximum absolute atomic E-state index is 9.74. The van der Waals surface area contributed by atoms with E-state index < -0.39 is 11.0 Å². The molecule has 0 saturated carbocycles. The summed E-state index contributed by atoms with van der Waals surface area (Å²) in [6.07, 6.45) is 0.622. The minimum absolute atomic E-state index is 0.274. The van der Waals surface area contributed by atoms with Crippen molar-refractivity contribution >= 4 is 6.29 Å². The van der Waals surface area contributed by atoms with E-state index in [4.69, 9.17) is 0 Å². The van der Waals surface area contributed by atoms with Crippen molar-refractivity contribution < 1.29 is 9.72 Å². The minimum Gasteiger partial charge on any atom is -0.296 e. The van der Waals surface area contributed by atoms with Crippen LogP contribution in [0.2, 0.25) is 0 Å². The van der Waals surface area contributed by atoms with Crippen LogP contribution in [0.5, 0.6) is 0 Å². The van der Waals surface area contributed by atoms with Crippen LogP contribution in [0.1, 0.15) is 13.3 Å². The quantitative estimate of drug-likeness (QED) is 0.302. The maximum Gasteiger partial charge on any atom is 0.267 e. The van der Waals surface area contributed by atoms with Gasteiger partial charge in [-0.05, 0) is 0 Å². The maximum atomic E-state index is 9.74. The first kappa shape index (κ1) is 7.07. The summed E-state index contributed by atoms with van der Waals surface area (Å²) in [4.78, 5) is 18.9. The Morgan fingerprint density at radius 3 is 2.38 bits per heavy atom. The van der Waals surface area contributed by atoms with Gasteiger partial charge in [-0.1, -0.05) is 6.92 Å². The SMILES string of the molecule is CCC(C=O)[N+](=O)[O-]. The molecule has 0 bridgehead atoms. The molecule has 0 aliphatic carbocycles. The molecule has 0 fully saturated rings. The number of nitrogens with zero attached hydrogens (tertiary/aromatic N) is 1. The molecule has 0 amide bonds. The third-order valence-corrected chi connectivity index (χ3v) is 0.846. The van der Waals surface area contributed by atoms with Crippen molar-refractivity contribution in [2.45, 2.75) is 19.4 Å². The van der Waals surface area contributed by atoms with Crippen molar-refractivity contribution in [1.29, 1.82) is 0 Å². The van der Waals surface area contributed by atoms with Crippen LogP contribution in [0.4, 0.5) is 0 Å². The highest BCUT2D eigenvalue weighted by atomic mass is 16.6. The second-order valence-electron chi connectivity index (χ2n) is 1.40. The molecule has 0 N–H and O–H groups in total. The van der Waals surface area contributed by atoms with Gasteiger partial charge in [0.25, 0.3) is 6.04 Å². The molecule has 1 unspecified atom stereocenters. The van der Waals surface area contributed by atoms with E-state index in [2.05, 4.69) is 0 Å². The van der Waals surface area contributed by atoms with E-state index in [0.717, 1.165) is 0 Å². The highest BCUT2D eigenvalue weighted by molar-refractivity contribution is 5.55. The van der Waals surface area contributed by atoms with Crippen molar-refractivity contribution in [3.05, 3.63) is 10.1 Å². The zero-order valence-electron chi connectivity index (χ0n) is 4.53. The second-order valence-corrected chi connectivity index (χ2v) is 1.40. The number of hydrogen-bond donors (Lipinski definition) is 0. The summed E-state index contributed by atoms with van der Waals surface area (Å²) in [7, 11) is 0. The zero-order chi connectivity index (χ0) is 6.57. The highest BCUT2D eigenvalue weighted by Crippen LogP contribution is 1.89. The Morgan fingerprint density at radius 1 is 1.88 bits per heavy atom. The van der Waals surface area contributed by atoms with Crippen LogP contribution in [0.3, 0.4) is 0 Å². The van der Waals surface area contributed by atoms with Gasteiger partial charge in [0.2, 0.25) is 0 Å². The van der Waals surface area contributed by atoms with E-state index in [-0.39, 0.29) is 6.42 Å². The van der Waals surface area contributed by atoms with Crippen LogP contribution in [-0.4, -0.2) is 17.3 Å². The van der Waals surface area contributed by atoms with Gasteiger partial charge in [0.15, 0.2) is 6.29 Å². The smallest absolute Gasteiger partial charge is 0.267 e. The Kier molecular flexibility index (Phi) is 2.76. The molecule has 0 saturated heterocycles. The first-order chi connectivity index (χ1) is 3.72. The Morgan fingerprint density at radius 2 is 2.38 bits per heavy atom. The lowest BCUT2D eigenvalue weighted by molar-refractivity contribution is -0.505. The highest BCUT2D eigenvalue weighted by Gasteiger charge is 2.13. The number of aldehydes is 1. The van der Waals surface area contributed by atoms with Crippen LogP contribution in [0.25, 0.3) is 0 Å². The van der Waals surface area contributed by atoms with Crippen molar-refractivity contribution in [3.8, 4) is 0 Å². The summed E-state index contributed by atoms with van der Waals surface area (Å²) in [6.45, 7) is 1.60. The molecule has 0 rings (SSSR count). The minimum atomic E-state index is -1.00. The Bertz CT molecular complexity index is 101. The molecule has 0 radical (unpaired) electrons. The van der Waals surface area contributed by atoms with E-state index in [1.165, 1.54) is 0 Å². The topological polar surface area (TPSA) is 60.2 Å². The lowest BCUT2D eigenvalue weighted by Crippen LogP contribution is -2.19. The summed E-state index contributed by atoms with van der Waals surface area (Å²) in [5, 5.41) is 9.74. The number of carbonyl (C=O) groups is 1. The van der Waals surface area contributed by atoms with Gasteiger partial charge in [0.05, 0.1) is 0 Å². The summed E-state index contributed by atoms with van der Waals surface area (Å²) in [6, 6.07) is -1.00. The molecule has 1 atom stereocenters. The van der Waals surface area contributed by atoms with Gasteiger partial charge in [-0.2, -0.15) is 0 Å². The Balaban J connectivity index is 3.69. The second kappa shape index (κ2) is 3.12. The first-order valence-electron chi connectivity index (χ1n) is 2.31. The molecular formula is C4H7NO3. The molecule has 0 aromatic rings. The average molecular weight is 117 g/mol. The van der Waals surface area contributed by atoms with Crippen molar-refractivity contribution in [3.63, 3.8) is 0 Å². The van der Waals surface area contributed by atoms with Gasteiger partial charge in [-0.3, -0.25) is 14.9 Å². The summed E-state index contributed by atoms with van der Waals surface area (Å²) in [5.41, 5.74) is 0. The van der Waals surface area contributed by atoms with Gasteiger partial charge in [-0.25, -0.2) is 0 Å². The molecule has 0 heterocycles. The van der Waals surface area contributed by atoms with E-state index in [9.17, 15) is 14.9 Å². The van der Waals surface area contributed by atoms with E-state index in [1.807, 2.05) is 0 Å². The molecule has 0 aliphatic heterocycles. The fourth-order valence-corrected chi connectivity index (χ4v) is 0.295. The molecule has 0 aromatic heterocycles. The molecule has 0 aliphatic rings. The number of nitro groups is 1. The summed E-state index contributed by atoms with van der Waals surface area (Å²) >= 11 is 0. The molecular weight excluding hydrogens is 110 g/mol. The third-order valence-electron chi connectivity index (χ3n) is 0.846. The van der Waals surface area contributed by atoms with E-state index in [1.54, 1.807) is 6.92 Å². The Labute approximate surface area is 46.6 Å².